The van der Waals surface area contributed by atoms with Crippen LogP contribution in [0.25, 0.3) is 6.08 Å². The van der Waals surface area contributed by atoms with Gasteiger partial charge >= 0.3 is 0 Å². The summed E-state index contributed by atoms with van der Waals surface area (Å²) in [5.74, 6) is 0.892. The summed E-state index contributed by atoms with van der Waals surface area (Å²) in [6.07, 6.45) is 8.32. The molecule has 4 nitrogen and oxygen atoms in total. The molecule has 3 N–H and O–H groups in total. The van der Waals surface area contributed by atoms with Crippen molar-refractivity contribution in [3.63, 3.8) is 0 Å². The molecule has 1 aromatic heterocycles. The zero-order chi connectivity index (χ0) is 18.0. The van der Waals surface area contributed by atoms with Crippen molar-refractivity contribution in [1.29, 1.82) is 0 Å². The smallest absolute Gasteiger partial charge is 0.133 e. The standard InChI is InChI=1S/C21H27N3OS/c1-25-18-7-5-16(6-8-18)14-24-20(22)23-19(13-17-9-12-26-15-17)21(24)10-3-2-4-11-21/h5-9,12-13,15,20,23H,2-4,10-11,14,22H2,1H3/b19-13-. The highest BCUT2D eigenvalue weighted by Crippen LogP contribution is 2.44. The SMILES string of the molecule is COc1ccc(CN2C(N)N/C(=C\c3ccsc3)C23CCCCC3)cc1. The molecule has 1 saturated carbocycles. The molecule has 1 unspecified atom stereocenters. The highest BCUT2D eigenvalue weighted by Gasteiger charge is 2.48. The molecule has 26 heavy (non-hydrogen) atoms. The first-order valence-electron chi connectivity index (χ1n) is 9.37. The number of nitrogens with one attached hydrogen (secondary N) is 1. The summed E-state index contributed by atoms with van der Waals surface area (Å²) >= 11 is 1.74. The number of hydrogen-bond donors (Lipinski definition) is 2. The normalized spacial score (nSPS) is 24.1. The summed E-state index contributed by atoms with van der Waals surface area (Å²) in [5.41, 5.74) is 10.4. The van der Waals surface area contributed by atoms with Gasteiger partial charge in [0, 0.05) is 12.2 Å². The van der Waals surface area contributed by atoms with Gasteiger partial charge in [0.05, 0.1) is 12.6 Å². The Morgan fingerprint density at radius 2 is 2.00 bits per heavy atom. The topological polar surface area (TPSA) is 50.5 Å². The van der Waals surface area contributed by atoms with Crippen LogP contribution in [-0.2, 0) is 6.54 Å². The molecule has 4 rings (SSSR count). The van der Waals surface area contributed by atoms with Crippen molar-refractivity contribution in [3.8, 4) is 5.75 Å². The Bertz CT molecular complexity index is 748. The number of benzene rings is 1. The summed E-state index contributed by atoms with van der Waals surface area (Å²) in [7, 11) is 1.70. The van der Waals surface area contributed by atoms with E-state index in [1.165, 1.54) is 48.9 Å². The van der Waals surface area contributed by atoms with Gasteiger partial charge in [-0.05, 0) is 59.0 Å². The van der Waals surface area contributed by atoms with Gasteiger partial charge in [-0.1, -0.05) is 31.4 Å². The lowest BCUT2D eigenvalue weighted by molar-refractivity contribution is 0.0727. The molecule has 1 aliphatic carbocycles. The van der Waals surface area contributed by atoms with Gasteiger partial charge in [0.25, 0.3) is 0 Å². The van der Waals surface area contributed by atoms with Crippen molar-refractivity contribution in [2.24, 2.45) is 5.73 Å². The fraction of sp³-hybridized carbons (Fsp3) is 0.429. The molecule has 0 amide bonds. The Balaban J connectivity index is 1.65. The fourth-order valence-electron chi connectivity index (χ4n) is 4.36. The van der Waals surface area contributed by atoms with Gasteiger partial charge < -0.3 is 10.1 Å². The molecule has 1 aliphatic heterocycles. The third-order valence-electron chi connectivity index (χ3n) is 5.74. The van der Waals surface area contributed by atoms with Crippen molar-refractivity contribution < 1.29 is 4.74 Å². The number of nitrogens with zero attached hydrogens (tertiary/aromatic N) is 1. The molecule has 0 radical (unpaired) electrons. The first-order chi connectivity index (χ1) is 12.7. The highest BCUT2D eigenvalue weighted by atomic mass is 32.1. The molecular weight excluding hydrogens is 342 g/mol. The van der Waals surface area contributed by atoms with Gasteiger partial charge in [-0.3, -0.25) is 10.6 Å². The monoisotopic (exact) mass is 369 g/mol. The van der Waals surface area contributed by atoms with E-state index in [4.69, 9.17) is 10.5 Å². The number of thiophene rings is 1. The maximum Gasteiger partial charge on any atom is 0.133 e. The molecule has 2 aliphatic rings. The Kier molecular flexibility index (Phi) is 5.02. The van der Waals surface area contributed by atoms with Crippen LogP contribution in [0.15, 0.2) is 46.8 Å². The Morgan fingerprint density at radius 1 is 1.23 bits per heavy atom. The van der Waals surface area contributed by atoms with Gasteiger partial charge in [-0.15, -0.1) is 0 Å². The summed E-state index contributed by atoms with van der Waals surface area (Å²) in [5, 5.41) is 7.92. The van der Waals surface area contributed by atoms with E-state index in [0.29, 0.717) is 0 Å². The Morgan fingerprint density at radius 3 is 2.65 bits per heavy atom. The third kappa shape index (κ3) is 3.27. The minimum Gasteiger partial charge on any atom is -0.497 e. The molecule has 2 aromatic rings. The predicted molar refractivity (Wildman–Crippen MR) is 108 cm³/mol. The van der Waals surface area contributed by atoms with E-state index >= 15 is 0 Å². The largest absolute Gasteiger partial charge is 0.497 e. The highest BCUT2D eigenvalue weighted by molar-refractivity contribution is 7.08. The lowest BCUT2D eigenvalue weighted by Gasteiger charge is -2.42. The zero-order valence-electron chi connectivity index (χ0n) is 15.3. The number of rotatable bonds is 4. The van der Waals surface area contributed by atoms with E-state index in [9.17, 15) is 0 Å². The van der Waals surface area contributed by atoms with E-state index in [2.05, 4.69) is 45.3 Å². The molecule has 2 heterocycles. The molecule has 1 aromatic carbocycles. The van der Waals surface area contributed by atoms with E-state index in [-0.39, 0.29) is 11.8 Å². The first kappa shape index (κ1) is 17.6. The molecule has 138 valence electrons. The van der Waals surface area contributed by atoms with Crippen LogP contribution in [0, 0.1) is 0 Å². The molecule has 1 atom stereocenters. The maximum atomic E-state index is 6.56. The van der Waals surface area contributed by atoms with Crippen LogP contribution in [0.5, 0.6) is 5.75 Å². The molecule has 0 bridgehead atoms. The molecular formula is C21H27N3OS. The second-order valence-electron chi connectivity index (χ2n) is 7.27. The quantitative estimate of drug-likeness (QED) is 0.850. The molecule has 5 heteroatoms. The minimum absolute atomic E-state index is 0.0273. The lowest BCUT2D eigenvalue weighted by atomic mass is 9.78. The van der Waals surface area contributed by atoms with Crippen molar-refractivity contribution in [2.45, 2.75) is 50.5 Å². The predicted octanol–water partition coefficient (Wildman–Crippen LogP) is 4.15. The van der Waals surface area contributed by atoms with Crippen LogP contribution in [0.3, 0.4) is 0 Å². The lowest BCUT2D eigenvalue weighted by Crippen LogP contribution is -2.52. The maximum absolute atomic E-state index is 6.56. The molecule has 1 spiro atoms. The number of hydrogen-bond acceptors (Lipinski definition) is 5. The van der Waals surface area contributed by atoms with Crippen LogP contribution in [0.2, 0.25) is 0 Å². The third-order valence-corrected chi connectivity index (χ3v) is 6.44. The van der Waals surface area contributed by atoms with Gasteiger partial charge in [0.1, 0.15) is 12.0 Å². The Labute approximate surface area is 159 Å². The Hall–Kier alpha value is -1.82. The van der Waals surface area contributed by atoms with Crippen molar-refractivity contribution in [3.05, 3.63) is 57.9 Å². The summed E-state index contributed by atoms with van der Waals surface area (Å²) in [6, 6.07) is 10.5. The number of ether oxygens (including phenoxy) is 1. The summed E-state index contributed by atoms with van der Waals surface area (Å²) in [4.78, 5) is 2.46. The summed E-state index contributed by atoms with van der Waals surface area (Å²) < 4.78 is 5.29. The van der Waals surface area contributed by atoms with Crippen LogP contribution < -0.4 is 15.8 Å². The molecule has 1 saturated heterocycles. The van der Waals surface area contributed by atoms with Gasteiger partial charge in [-0.25, -0.2) is 0 Å². The van der Waals surface area contributed by atoms with Gasteiger partial charge in [0.2, 0.25) is 0 Å². The average Bonchev–Trinajstić information content (AvgIpc) is 3.26. The van der Waals surface area contributed by atoms with E-state index < -0.39 is 0 Å². The van der Waals surface area contributed by atoms with Crippen LogP contribution in [0.1, 0.15) is 43.2 Å². The first-order valence-corrected chi connectivity index (χ1v) is 10.3. The summed E-state index contributed by atoms with van der Waals surface area (Å²) in [6.45, 7) is 0.846. The van der Waals surface area contributed by atoms with Crippen molar-refractivity contribution in [2.75, 3.05) is 7.11 Å². The van der Waals surface area contributed by atoms with Gasteiger partial charge in [0.15, 0.2) is 0 Å². The fourth-order valence-corrected chi connectivity index (χ4v) is 4.98. The van der Waals surface area contributed by atoms with Crippen LogP contribution in [-0.4, -0.2) is 23.8 Å². The van der Waals surface area contributed by atoms with Crippen molar-refractivity contribution >= 4 is 17.4 Å². The number of methoxy groups -OCH3 is 1. The van der Waals surface area contributed by atoms with E-state index in [1.807, 2.05) is 12.1 Å². The van der Waals surface area contributed by atoms with Crippen molar-refractivity contribution in [1.82, 2.24) is 10.2 Å². The second kappa shape index (κ2) is 7.43. The zero-order valence-corrected chi connectivity index (χ0v) is 16.1. The van der Waals surface area contributed by atoms with Gasteiger partial charge in [-0.2, -0.15) is 11.3 Å². The number of nitrogens with two attached hydrogens (primary N) is 1. The van der Waals surface area contributed by atoms with Crippen LogP contribution >= 0.6 is 11.3 Å². The van der Waals surface area contributed by atoms with Crippen LogP contribution in [0.4, 0.5) is 0 Å². The molecule has 2 fully saturated rings. The van der Waals surface area contributed by atoms with E-state index in [0.717, 1.165) is 12.3 Å². The van der Waals surface area contributed by atoms with E-state index in [1.54, 1.807) is 18.4 Å². The minimum atomic E-state index is -0.153. The average molecular weight is 370 g/mol. The second-order valence-corrected chi connectivity index (χ2v) is 8.05.